The topological polar surface area (TPSA) is 29.5 Å². The summed E-state index contributed by atoms with van der Waals surface area (Å²) >= 11 is 0. The van der Waals surface area contributed by atoms with Crippen LogP contribution in [-0.2, 0) is 0 Å². The maximum absolute atomic E-state index is 9.75. The molecule has 1 aromatic carbocycles. The lowest BCUT2D eigenvalue weighted by Crippen LogP contribution is -2.29. The summed E-state index contributed by atoms with van der Waals surface area (Å²) in [6.45, 7) is 6.42. The van der Waals surface area contributed by atoms with Crippen LogP contribution in [0.25, 0.3) is 0 Å². The number of ether oxygens (including phenoxy) is 1. The van der Waals surface area contributed by atoms with Crippen molar-refractivity contribution in [2.75, 3.05) is 0 Å². The number of rotatable bonds is 3. The molecule has 100 valence electrons. The van der Waals surface area contributed by atoms with Gasteiger partial charge in [0.1, 0.15) is 5.75 Å². The molecule has 0 amide bonds. The minimum atomic E-state index is -0.471. The number of benzene rings is 1. The number of para-hydroxylation sites is 1. The van der Waals surface area contributed by atoms with Gasteiger partial charge in [0.25, 0.3) is 0 Å². The molecule has 1 aliphatic rings. The van der Waals surface area contributed by atoms with Crippen molar-refractivity contribution in [1.82, 2.24) is 0 Å². The first-order chi connectivity index (χ1) is 8.58. The minimum absolute atomic E-state index is 0.302. The summed E-state index contributed by atoms with van der Waals surface area (Å²) in [6.07, 6.45) is 3.31. The Kier molecular flexibility index (Phi) is 4.28. The Morgan fingerprint density at radius 3 is 2.56 bits per heavy atom. The van der Waals surface area contributed by atoms with E-state index in [-0.39, 0.29) is 0 Å². The Balaban J connectivity index is 2.06. The average molecular weight is 248 g/mol. The van der Waals surface area contributed by atoms with Crippen LogP contribution in [0.2, 0.25) is 0 Å². The smallest absolute Gasteiger partial charge is 0.125 e. The van der Waals surface area contributed by atoms with Crippen LogP contribution < -0.4 is 4.74 Å². The molecule has 2 rings (SSSR count). The van der Waals surface area contributed by atoms with E-state index in [1.807, 2.05) is 24.3 Å². The second-order valence-electron chi connectivity index (χ2n) is 5.72. The lowest BCUT2D eigenvalue weighted by atomic mass is 9.80. The third kappa shape index (κ3) is 3.05. The molecule has 0 aromatic heterocycles. The molecule has 0 heterocycles. The summed E-state index contributed by atoms with van der Waals surface area (Å²) in [7, 11) is 0. The number of hydrogen-bond acceptors (Lipinski definition) is 2. The molecule has 0 bridgehead atoms. The van der Waals surface area contributed by atoms with E-state index < -0.39 is 6.10 Å². The summed E-state index contributed by atoms with van der Waals surface area (Å²) in [5.41, 5.74) is 0.892. The van der Waals surface area contributed by atoms with Gasteiger partial charge in [0.05, 0.1) is 12.2 Å². The molecule has 0 spiro atoms. The highest BCUT2D eigenvalue weighted by molar-refractivity contribution is 5.34. The van der Waals surface area contributed by atoms with Gasteiger partial charge in [-0.1, -0.05) is 32.0 Å². The third-order valence-corrected chi connectivity index (χ3v) is 4.21. The second kappa shape index (κ2) is 5.75. The van der Waals surface area contributed by atoms with Crippen LogP contribution in [0.1, 0.15) is 51.7 Å². The Bertz CT molecular complexity index is 386. The molecule has 4 atom stereocenters. The highest BCUT2D eigenvalue weighted by Crippen LogP contribution is 2.33. The monoisotopic (exact) mass is 248 g/mol. The molecule has 18 heavy (non-hydrogen) atoms. The van der Waals surface area contributed by atoms with Crippen LogP contribution in [0.5, 0.6) is 5.75 Å². The van der Waals surface area contributed by atoms with Crippen LogP contribution in [0.15, 0.2) is 24.3 Å². The first kappa shape index (κ1) is 13.4. The van der Waals surface area contributed by atoms with Crippen LogP contribution in [0.3, 0.4) is 0 Å². The molecule has 0 saturated heterocycles. The highest BCUT2D eigenvalue weighted by Gasteiger charge is 2.26. The Morgan fingerprint density at radius 2 is 1.89 bits per heavy atom. The standard InChI is InChI=1S/C16H24O2/c1-11-8-9-14(10-12(11)2)18-16-7-5-4-6-15(16)13(3)17/h4-7,11-14,17H,8-10H2,1-3H3. The molecule has 0 aliphatic heterocycles. The zero-order valence-electron chi connectivity index (χ0n) is 11.6. The zero-order chi connectivity index (χ0) is 13.1. The fourth-order valence-corrected chi connectivity index (χ4v) is 2.72. The molecular weight excluding hydrogens is 224 g/mol. The molecule has 2 heteroatoms. The summed E-state index contributed by atoms with van der Waals surface area (Å²) in [5.74, 6) is 2.37. The van der Waals surface area contributed by atoms with E-state index in [1.165, 1.54) is 6.42 Å². The molecule has 0 radical (unpaired) electrons. The van der Waals surface area contributed by atoms with Gasteiger partial charge in [0.2, 0.25) is 0 Å². The predicted octanol–water partition coefficient (Wildman–Crippen LogP) is 3.94. The van der Waals surface area contributed by atoms with E-state index in [1.54, 1.807) is 6.92 Å². The molecule has 2 nitrogen and oxygen atoms in total. The van der Waals surface area contributed by atoms with Crippen molar-refractivity contribution in [3.8, 4) is 5.75 Å². The predicted molar refractivity (Wildman–Crippen MR) is 73.7 cm³/mol. The molecular formula is C16H24O2. The normalized spacial score (nSPS) is 29.9. The van der Waals surface area contributed by atoms with Crippen molar-refractivity contribution >= 4 is 0 Å². The molecule has 1 N–H and O–H groups in total. The lowest BCUT2D eigenvalue weighted by molar-refractivity contribution is 0.0957. The van der Waals surface area contributed by atoms with Crippen molar-refractivity contribution in [1.29, 1.82) is 0 Å². The second-order valence-corrected chi connectivity index (χ2v) is 5.72. The van der Waals surface area contributed by atoms with E-state index in [0.717, 1.165) is 36.0 Å². The van der Waals surface area contributed by atoms with E-state index in [2.05, 4.69) is 13.8 Å². The van der Waals surface area contributed by atoms with Crippen LogP contribution in [-0.4, -0.2) is 11.2 Å². The minimum Gasteiger partial charge on any atom is -0.490 e. The van der Waals surface area contributed by atoms with Crippen molar-refractivity contribution < 1.29 is 9.84 Å². The van der Waals surface area contributed by atoms with E-state index in [0.29, 0.717) is 6.10 Å². The Morgan fingerprint density at radius 1 is 1.17 bits per heavy atom. The summed E-state index contributed by atoms with van der Waals surface area (Å²) in [4.78, 5) is 0. The van der Waals surface area contributed by atoms with Gasteiger partial charge >= 0.3 is 0 Å². The molecule has 4 unspecified atom stereocenters. The van der Waals surface area contributed by atoms with Gasteiger partial charge in [-0.15, -0.1) is 0 Å². The average Bonchev–Trinajstić information content (AvgIpc) is 2.34. The van der Waals surface area contributed by atoms with Crippen molar-refractivity contribution in [2.45, 2.75) is 52.2 Å². The first-order valence-corrected chi connectivity index (χ1v) is 7.01. The van der Waals surface area contributed by atoms with Crippen LogP contribution in [0, 0.1) is 11.8 Å². The summed E-state index contributed by atoms with van der Waals surface area (Å²) < 4.78 is 6.11. The van der Waals surface area contributed by atoms with Gasteiger partial charge in [-0.25, -0.2) is 0 Å². The lowest BCUT2D eigenvalue weighted by Gasteiger charge is -2.32. The number of hydrogen-bond donors (Lipinski definition) is 1. The van der Waals surface area contributed by atoms with Gasteiger partial charge in [0, 0.05) is 5.56 Å². The van der Waals surface area contributed by atoms with Gasteiger partial charge in [-0.05, 0) is 44.1 Å². The van der Waals surface area contributed by atoms with E-state index >= 15 is 0 Å². The molecule has 1 aromatic rings. The zero-order valence-corrected chi connectivity index (χ0v) is 11.6. The van der Waals surface area contributed by atoms with Crippen LogP contribution >= 0.6 is 0 Å². The molecule has 1 aliphatic carbocycles. The maximum Gasteiger partial charge on any atom is 0.125 e. The largest absolute Gasteiger partial charge is 0.490 e. The van der Waals surface area contributed by atoms with Gasteiger partial charge in [0.15, 0.2) is 0 Å². The maximum atomic E-state index is 9.75. The van der Waals surface area contributed by atoms with Gasteiger partial charge < -0.3 is 9.84 Å². The van der Waals surface area contributed by atoms with E-state index in [4.69, 9.17) is 4.74 Å². The Hall–Kier alpha value is -1.02. The van der Waals surface area contributed by atoms with Gasteiger partial charge in [-0.2, -0.15) is 0 Å². The molecule has 1 saturated carbocycles. The van der Waals surface area contributed by atoms with Crippen molar-refractivity contribution in [3.05, 3.63) is 29.8 Å². The SMILES string of the molecule is CC(O)c1ccccc1OC1CCC(C)C(C)C1. The van der Waals surface area contributed by atoms with Crippen molar-refractivity contribution in [2.24, 2.45) is 11.8 Å². The van der Waals surface area contributed by atoms with Crippen molar-refractivity contribution in [3.63, 3.8) is 0 Å². The summed E-state index contributed by atoms with van der Waals surface area (Å²) in [6, 6.07) is 7.82. The Labute approximate surface area is 110 Å². The van der Waals surface area contributed by atoms with Gasteiger partial charge in [-0.3, -0.25) is 0 Å². The number of aliphatic hydroxyl groups is 1. The van der Waals surface area contributed by atoms with Crippen LogP contribution in [0.4, 0.5) is 0 Å². The third-order valence-electron chi connectivity index (χ3n) is 4.21. The highest BCUT2D eigenvalue weighted by atomic mass is 16.5. The fraction of sp³-hybridized carbons (Fsp3) is 0.625. The first-order valence-electron chi connectivity index (χ1n) is 7.01. The summed E-state index contributed by atoms with van der Waals surface area (Å²) in [5, 5.41) is 9.75. The molecule has 1 fully saturated rings. The number of aliphatic hydroxyl groups excluding tert-OH is 1. The quantitative estimate of drug-likeness (QED) is 0.877. The fourth-order valence-electron chi connectivity index (χ4n) is 2.72. The van der Waals surface area contributed by atoms with E-state index in [9.17, 15) is 5.11 Å².